The normalized spacial score (nSPS) is 14.1. The van der Waals surface area contributed by atoms with E-state index in [1.807, 2.05) is 55.4 Å². The highest BCUT2D eigenvalue weighted by molar-refractivity contribution is 7.89. The molecule has 0 aliphatic rings. The van der Waals surface area contributed by atoms with Gasteiger partial charge >= 0.3 is 0 Å². The minimum absolute atomic E-state index is 0.103. The van der Waals surface area contributed by atoms with E-state index in [0.29, 0.717) is 5.92 Å². The van der Waals surface area contributed by atoms with Gasteiger partial charge in [0.25, 0.3) is 0 Å². The number of nitrogens with zero attached hydrogens (tertiary/aromatic N) is 1. The summed E-state index contributed by atoms with van der Waals surface area (Å²) >= 11 is 0. The zero-order valence-corrected chi connectivity index (χ0v) is 17.6. The molecule has 0 spiro atoms. The molecule has 2 unspecified atom stereocenters. The van der Waals surface area contributed by atoms with Gasteiger partial charge < -0.3 is 9.64 Å². The second-order valence-electron chi connectivity index (χ2n) is 6.99. The fourth-order valence-corrected chi connectivity index (χ4v) is 3.97. The molecule has 5 nitrogen and oxygen atoms in total. The number of benzene rings is 2. The number of likely N-dealkylation sites (N-methyl/N-ethyl adjacent to an activating group) is 1. The summed E-state index contributed by atoms with van der Waals surface area (Å²) in [6.07, 6.45) is 1.02. The van der Waals surface area contributed by atoms with Gasteiger partial charge in [-0.15, -0.1) is 0 Å². The van der Waals surface area contributed by atoms with Crippen LogP contribution in [-0.4, -0.2) is 41.1 Å². The molecule has 0 bridgehead atoms. The monoisotopic (exact) mass is 390 g/mol. The molecule has 2 aromatic carbocycles. The molecule has 1 N–H and O–H groups in total. The molecule has 0 aromatic heterocycles. The van der Waals surface area contributed by atoms with Crippen LogP contribution in [-0.2, 0) is 10.0 Å². The largest absolute Gasteiger partial charge is 0.497 e. The summed E-state index contributed by atoms with van der Waals surface area (Å²) in [7, 11) is 1.91. The van der Waals surface area contributed by atoms with Gasteiger partial charge in [0.05, 0.1) is 12.0 Å². The Kier molecular flexibility index (Phi) is 7.41. The van der Waals surface area contributed by atoms with E-state index in [2.05, 4.69) is 18.6 Å². The Hall–Kier alpha value is -1.89. The first-order valence-electron chi connectivity index (χ1n) is 9.18. The zero-order chi connectivity index (χ0) is 20.0. The first kappa shape index (κ1) is 21.4. The van der Waals surface area contributed by atoms with Crippen molar-refractivity contribution in [3.8, 4) is 5.75 Å². The van der Waals surface area contributed by atoms with E-state index >= 15 is 0 Å². The predicted molar refractivity (Wildman–Crippen MR) is 110 cm³/mol. The van der Waals surface area contributed by atoms with Gasteiger partial charge in [0, 0.05) is 12.6 Å². The molecule has 0 saturated carbocycles. The second-order valence-corrected chi connectivity index (χ2v) is 8.75. The summed E-state index contributed by atoms with van der Waals surface area (Å²) in [5.41, 5.74) is 2.15. The van der Waals surface area contributed by atoms with Crippen molar-refractivity contribution < 1.29 is 13.2 Å². The van der Waals surface area contributed by atoms with Crippen LogP contribution in [0.2, 0.25) is 0 Å². The summed E-state index contributed by atoms with van der Waals surface area (Å²) in [4.78, 5) is 2.28. The zero-order valence-electron chi connectivity index (χ0n) is 16.8. The van der Waals surface area contributed by atoms with Gasteiger partial charge in [-0.1, -0.05) is 38.1 Å². The van der Waals surface area contributed by atoms with Crippen molar-refractivity contribution in [1.82, 2.24) is 9.62 Å². The first-order valence-corrected chi connectivity index (χ1v) is 10.7. The van der Waals surface area contributed by atoms with Crippen LogP contribution in [0.4, 0.5) is 0 Å². The lowest BCUT2D eigenvalue weighted by atomic mass is 9.99. The SMILES string of the molecule is CCC(C)c1ccc(S(=O)(=O)NCC(c2cccc(OC)c2)N(C)C)cc1. The molecule has 2 rings (SSSR count). The molecule has 27 heavy (non-hydrogen) atoms. The molecule has 0 amide bonds. The van der Waals surface area contributed by atoms with Crippen LogP contribution < -0.4 is 9.46 Å². The lowest BCUT2D eigenvalue weighted by Crippen LogP contribution is -2.34. The van der Waals surface area contributed by atoms with Gasteiger partial charge in [0.2, 0.25) is 10.0 Å². The molecule has 0 heterocycles. The van der Waals surface area contributed by atoms with E-state index in [4.69, 9.17) is 4.74 Å². The van der Waals surface area contributed by atoms with Crippen molar-refractivity contribution >= 4 is 10.0 Å². The van der Waals surface area contributed by atoms with Crippen molar-refractivity contribution in [1.29, 1.82) is 0 Å². The van der Waals surface area contributed by atoms with Gasteiger partial charge in [0.1, 0.15) is 5.75 Å². The van der Waals surface area contributed by atoms with E-state index < -0.39 is 10.0 Å². The highest BCUT2D eigenvalue weighted by Gasteiger charge is 2.20. The number of methoxy groups -OCH3 is 1. The molecule has 0 fully saturated rings. The van der Waals surface area contributed by atoms with Crippen LogP contribution in [0.25, 0.3) is 0 Å². The highest BCUT2D eigenvalue weighted by Crippen LogP contribution is 2.23. The first-order chi connectivity index (χ1) is 12.8. The third kappa shape index (κ3) is 5.54. The van der Waals surface area contributed by atoms with Crippen molar-refractivity contribution in [2.45, 2.75) is 37.1 Å². The summed E-state index contributed by atoms with van der Waals surface area (Å²) in [5.74, 6) is 1.17. The average Bonchev–Trinajstić information content (AvgIpc) is 2.67. The number of sulfonamides is 1. The Morgan fingerprint density at radius 3 is 2.30 bits per heavy atom. The standard InChI is InChI=1S/C21H30N2O3S/c1-6-16(2)17-10-12-20(13-11-17)27(24,25)22-15-21(23(3)4)18-8-7-9-19(14-18)26-5/h7-14,16,21-22H,6,15H2,1-5H3. The molecule has 0 radical (unpaired) electrons. The lowest BCUT2D eigenvalue weighted by molar-refractivity contribution is 0.298. The molecular formula is C21H30N2O3S. The van der Waals surface area contributed by atoms with E-state index in [0.717, 1.165) is 23.3 Å². The maximum absolute atomic E-state index is 12.7. The van der Waals surface area contributed by atoms with Gasteiger partial charge in [-0.3, -0.25) is 0 Å². The van der Waals surface area contributed by atoms with Crippen LogP contribution in [0, 0.1) is 0 Å². The minimum atomic E-state index is -3.57. The number of hydrogen-bond donors (Lipinski definition) is 1. The molecule has 148 valence electrons. The summed E-state index contributed by atoms with van der Waals surface area (Å²) in [5, 5.41) is 0. The Morgan fingerprint density at radius 2 is 1.74 bits per heavy atom. The third-order valence-corrected chi connectivity index (χ3v) is 6.38. The number of ether oxygens (including phenoxy) is 1. The predicted octanol–water partition coefficient (Wildman–Crippen LogP) is 3.79. The van der Waals surface area contributed by atoms with Crippen molar-refractivity contribution in [3.63, 3.8) is 0 Å². The maximum atomic E-state index is 12.7. The van der Waals surface area contributed by atoms with E-state index in [1.165, 1.54) is 0 Å². The van der Waals surface area contributed by atoms with Crippen LogP contribution in [0.3, 0.4) is 0 Å². The number of nitrogens with one attached hydrogen (secondary N) is 1. The quantitative estimate of drug-likeness (QED) is 0.708. The van der Waals surface area contributed by atoms with Gasteiger partial charge in [0.15, 0.2) is 0 Å². The maximum Gasteiger partial charge on any atom is 0.240 e. The Bertz CT molecular complexity index is 833. The average molecular weight is 391 g/mol. The Morgan fingerprint density at radius 1 is 1.07 bits per heavy atom. The summed E-state index contributed by atoms with van der Waals surface area (Å²) < 4.78 is 33.4. The lowest BCUT2D eigenvalue weighted by Gasteiger charge is -2.25. The Labute approximate surface area is 163 Å². The second kappa shape index (κ2) is 9.35. The number of hydrogen-bond acceptors (Lipinski definition) is 4. The van der Waals surface area contributed by atoms with Crippen LogP contribution in [0.15, 0.2) is 53.4 Å². The van der Waals surface area contributed by atoms with Gasteiger partial charge in [-0.05, 0) is 61.8 Å². The fraction of sp³-hybridized carbons (Fsp3) is 0.429. The summed E-state index contributed by atoms with van der Waals surface area (Å²) in [6, 6.07) is 14.7. The van der Waals surface area contributed by atoms with Crippen molar-refractivity contribution in [3.05, 3.63) is 59.7 Å². The highest BCUT2D eigenvalue weighted by atomic mass is 32.2. The van der Waals surface area contributed by atoms with Gasteiger partial charge in [-0.2, -0.15) is 0 Å². The third-order valence-electron chi connectivity index (χ3n) is 4.94. The molecular weight excluding hydrogens is 360 g/mol. The molecule has 0 aliphatic heterocycles. The topological polar surface area (TPSA) is 58.6 Å². The molecule has 0 saturated heterocycles. The van der Waals surface area contributed by atoms with Crippen molar-refractivity contribution in [2.24, 2.45) is 0 Å². The summed E-state index contributed by atoms with van der Waals surface area (Å²) in [6.45, 7) is 4.53. The van der Waals surface area contributed by atoms with Crippen LogP contribution in [0.5, 0.6) is 5.75 Å². The Balaban J connectivity index is 2.15. The minimum Gasteiger partial charge on any atom is -0.497 e. The van der Waals surface area contributed by atoms with Crippen LogP contribution >= 0.6 is 0 Å². The molecule has 0 aliphatic carbocycles. The molecule has 2 aromatic rings. The van der Waals surface area contributed by atoms with Gasteiger partial charge in [-0.25, -0.2) is 13.1 Å². The molecule has 6 heteroatoms. The fourth-order valence-electron chi connectivity index (χ4n) is 2.93. The van der Waals surface area contributed by atoms with E-state index in [9.17, 15) is 8.42 Å². The smallest absolute Gasteiger partial charge is 0.240 e. The molecule has 2 atom stereocenters. The van der Waals surface area contributed by atoms with Crippen LogP contribution in [0.1, 0.15) is 43.4 Å². The van der Waals surface area contributed by atoms with E-state index in [-0.39, 0.29) is 17.5 Å². The van der Waals surface area contributed by atoms with Crippen molar-refractivity contribution in [2.75, 3.05) is 27.7 Å². The van der Waals surface area contributed by atoms with E-state index in [1.54, 1.807) is 19.2 Å². The number of rotatable bonds is 9.